The summed E-state index contributed by atoms with van der Waals surface area (Å²) in [5.74, 6) is -1.53. The Labute approximate surface area is 138 Å². The zero-order valence-electron chi connectivity index (χ0n) is 11.7. The Morgan fingerprint density at radius 2 is 2.04 bits per heavy atom. The van der Waals surface area contributed by atoms with Crippen molar-refractivity contribution in [1.29, 1.82) is 0 Å². The van der Waals surface area contributed by atoms with Gasteiger partial charge in [0.25, 0.3) is 5.56 Å². The third-order valence-electron chi connectivity index (χ3n) is 3.11. The van der Waals surface area contributed by atoms with Gasteiger partial charge in [-0.2, -0.15) is 0 Å². The van der Waals surface area contributed by atoms with Gasteiger partial charge in [-0.25, -0.2) is 9.37 Å². The highest BCUT2D eigenvalue weighted by atomic mass is 32.2. The van der Waals surface area contributed by atoms with Crippen LogP contribution in [-0.4, -0.2) is 26.4 Å². The molecule has 0 bridgehead atoms. The number of carboxylic acid groups (broad SMARTS) is 1. The number of rotatable bonds is 5. The van der Waals surface area contributed by atoms with Gasteiger partial charge in [0, 0.05) is 0 Å². The Hall–Kier alpha value is -2.19. The predicted octanol–water partition coefficient (Wildman–Crippen LogP) is 2.82. The molecule has 0 unspecified atom stereocenters. The van der Waals surface area contributed by atoms with Crippen LogP contribution in [0, 0.1) is 5.82 Å². The second-order valence-electron chi connectivity index (χ2n) is 4.73. The number of hydrogen-bond donors (Lipinski definition) is 1. The molecule has 3 rings (SSSR count). The second kappa shape index (κ2) is 6.51. The summed E-state index contributed by atoms with van der Waals surface area (Å²) in [5.41, 5.74) is 1.08. The van der Waals surface area contributed by atoms with Crippen molar-refractivity contribution in [3.05, 3.63) is 57.4 Å². The van der Waals surface area contributed by atoms with Crippen LogP contribution in [0.5, 0.6) is 0 Å². The SMILES string of the molecule is O=C(O)CSc1nc2ccsc2c(=O)n1Cc1ccc(F)cc1. The third-order valence-corrected chi connectivity index (χ3v) is 4.96. The van der Waals surface area contributed by atoms with Gasteiger partial charge in [0.05, 0.1) is 17.8 Å². The van der Waals surface area contributed by atoms with Gasteiger partial charge in [0.1, 0.15) is 10.5 Å². The number of halogens is 1. The van der Waals surface area contributed by atoms with E-state index in [-0.39, 0.29) is 23.7 Å². The molecule has 0 atom stereocenters. The van der Waals surface area contributed by atoms with Crippen molar-refractivity contribution in [1.82, 2.24) is 9.55 Å². The molecule has 0 amide bonds. The van der Waals surface area contributed by atoms with Crippen LogP contribution in [0.25, 0.3) is 10.2 Å². The highest BCUT2D eigenvalue weighted by Crippen LogP contribution is 2.21. The number of nitrogens with zero attached hydrogens (tertiary/aromatic N) is 2. The Morgan fingerprint density at radius 1 is 1.30 bits per heavy atom. The number of aromatic nitrogens is 2. The number of aliphatic carboxylic acids is 1. The zero-order chi connectivity index (χ0) is 16.4. The second-order valence-corrected chi connectivity index (χ2v) is 6.59. The molecule has 0 aliphatic rings. The highest BCUT2D eigenvalue weighted by Gasteiger charge is 2.14. The maximum Gasteiger partial charge on any atom is 0.313 e. The molecule has 118 valence electrons. The fraction of sp³-hybridized carbons (Fsp3) is 0.133. The monoisotopic (exact) mass is 350 g/mol. The summed E-state index contributed by atoms with van der Waals surface area (Å²) in [5, 5.41) is 11.0. The van der Waals surface area contributed by atoms with Crippen LogP contribution in [0.2, 0.25) is 0 Å². The van der Waals surface area contributed by atoms with E-state index in [2.05, 4.69) is 4.98 Å². The number of thiophene rings is 1. The van der Waals surface area contributed by atoms with Gasteiger partial charge < -0.3 is 5.11 Å². The van der Waals surface area contributed by atoms with Crippen LogP contribution in [-0.2, 0) is 11.3 Å². The molecule has 8 heteroatoms. The molecule has 0 radical (unpaired) electrons. The maximum absolute atomic E-state index is 13.0. The zero-order valence-corrected chi connectivity index (χ0v) is 13.4. The van der Waals surface area contributed by atoms with Crippen LogP contribution in [0.4, 0.5) is 4.39 Å². The van der Waals surface area contributed by atoms with Crippen molar-refractivity contribution in [3.63, 3.8) is 0 Å². The van der Waals surface area contributed by atoms with Crippen molar-refractivity contribution >= 4 is 39.3 Å². The number of benzene rings is 1. The molecule has 0 fully saturated rings. The van der Waals surface area contributed by atoms with Crippen molar-refractivity contribution in [2.75, 3.05) is 5.75 Å². The summed E-state index contributed by atoms with van der Waals surface area (Å²) in [7, 11) is 0. The number of hydrogen-bond acceptors (Lipinski definition) is 5. The lowest BCUT2D eigenvalue weighted by molar-refractivity contribution is -0.133. The van der Waals surface area contributed by atoms with Gasteiger partial charge in [-0.05, 0) is 29.1 Å². The molecule has 0 saturated heterocycles. The lowest BCUT2D eigenvalue weighted by Gasteiger charge is -2.11. The highest BCUT2D eigenvalue weighted by molar-refractivity contribution is 7.99. The quantitative estimate of drug-likeness (QED) is 0.566. The first-order valence-corrected chi connectivity index (χ1v) is 8.48. The van der Waals surface area contributed by atoms with Crippen LogP contribution < -0.4 is 5.56 Å². The molecule has 1 aromatic carbocycles. The fourth-order valence-electron chi connectivity index (χ4n) is 2.07. The smallest absolute Gasteiger partial charge is 0.313 e. The van der Waals surface area contributed by atoms with E-state index in [1.54, 1.807) is 23.6 Å². The van der Waals surface area contributed by atoms with E-state index in [1.807, 2.05) is 0 Å². The third kappa shape index (κ3) is 3.43. The van der Waals surface area contributed by atoms with Crippen LogP contribution >= 0.6 is 23.1 Å². The van der Waals surface area contributed by atoms with E-state index in [4.69, 9.17) is 5.11 Å². The van der Waals surface area contributed by atoms with E-state index in [0.29, 0.717) is 15.4 Å². The Bertz CT molecular complexity index is 919. The first-order valence-electron chi connectivity index (χ1n) is 6.61. The normalized spacial score (nSPS) is 11.0. The molecule has 0 aliphatic heterocycles. The van der Waals surface area contributed by atoms with E-state index < -0.39 is 5.97 Å². The number of fused-ring (bicyclic) bond motifs is 1. The first-order chi connectivity index (χ1) is 11.0. The van der Waals surface area contributed by atoms with Crippen molar-refractivity contribution in [2.24, 2.45) is 0 Å². The largest absolute Gasteiger partial charge is 0.481 e. The fourth-order valence-corrected chi connectivity index (χ4v) is 3.57. The van der Waals surface area contributed by atoms with Gasteiger partial charge in [0.2, 0.25) is 0 Å². The predicted molar refractivity (Wildman–Crippen MR) is 87.7 cm³/mol. The summed E-state index contributed by atoms with van der Waals surface area (Å²) in [6, 6.07) is 7.55. The van der Waals surface area contributed by atoms with Crippen molar-refractivity contribution < 1.29 is 14.3 Å². The molecule has 0 aliphatic carbocycles. The van der Waals surface area contributed by atoms with Gasteiger partial charge in [-0.1, -0.05) is 23.9 Å². The Kier molecular flexibility index (Phi) is 4.44. The summed E-state index contributed by atoms with van der Waals surface area (Å²) in [6.07, 6.45) is 0. The molecule has 23 heavy (non-hydrogen) atoms. The minimum atomic E-state index is -0.983. The summed E-state index contributed by atoms with van der Waals surface area (Å²) in [4.78, 5) is 27.8. The van der Waals surface area contributed by atoms with Gasteiger partial charge >= 0.3 is 5.97 Å². The van der Waals surface area contributed by atoms with E-state index in [1.165, 1.54) is 28.0 Å². The average Bonchev–Trinajstić information content (AvgIpc) is 2.99. The minimum Gasteiger partial charge on any atom is -0.481 e. The van der Waals surface area contributed by atoms with E-state index in [9.17, 15) is 14.0 Å². The molecule has 0 spiro atoms. The van der Waals surface area contributed by atoms with E-state index in [0.717, 1.165) is 17.3 Å². The molecule has 2 heterocycles. The maximum atomic E-state index is 13.0. The van der Waals surface area contributed by atoms with Gasteiger partial charge in [-0.3, -0.25) is 14.2 Å². The molecule has 5 nitrogen and oxygen atoms in total. The lowest BCUT2D eigenvalue weighted by atomic mass is 10.2. The average molecular weight is 350 g/mol. The topological polar surface area (TPSA) is 72.2 Å². The number of thioether (sulfide) groups is 1. The molecule has 2 aromatic heterocycles. The van der Waals surface area contributed by atoms with Crippen LogP contribution in [0.1, 0.15) is 5.56 Å². The molecule has 1 N–H and O–H groups in total. The number of carboxylic acids is 1. The molecular weight excluding hydrogens is 339 g/mol. The van der Waals surface area contributed by atoms with Crippen molar-refractivity contribution in [3.8, 4) is 0 Å². The summed E-state index contributed by atoms with van der Waals surface area (Å²) < 4.78 is 15.0. The van der Waals surface area contributed by atoms with Crippen LogP contribution in [0.15, 0.2) is 45.7 Å². The summed E-state index contributed by atoms with van der Waals surface area (Å²) in [6.45, 7) is 0.210. The van der Waals surface area contributed by atoms with Gasteiger partial charge in [0.15, 0.2) is 5.16 Å². The van der Waals surface area contributed by atoms with Crippen LogP contribution in [0.3, 0.4) is 0 Å². The van der Waals surface area contributed by atoms with E-state index >= 15 is 0 Å². The number of carbonyl (C=O) groups is 1. The minimum absolute atomic E-state index is 0.189. The Morgan fingerprint density at radius 3 is 2.74 bits per heavy atom. The molecule has 3 aromatic rings. The standard InChI is InChI=1S/C15H11FN2O3S2/c16-10-3-1-9(2-4-10)7-18-14(21)13-11(5-6-22-13)17-15(18)23-8-12(19)20/h1-6H,7-8H2,(H,19,20). The first kappa shape index (κ1) is 15.7. The van der Waals surface area contributed by atoms with Gasteiger partial charge in [-0.15, -0.1) is 11.3 Å². The van der Waals surface area contributed by atoms with Crippen molar-refractivity contribution in [2.45, 2.75) is 11.7 Å². The summed E-state index contributed by atoms with van der Waals surface area (Å²) >= 11 is 2.29. The Balaban J connectivity index is 2.05. The molecule has 0 saturated carbocycles. The molecular formula is C15H11FN2O3S2. The lowest BCUT2D eigenvalue weighted by Crippen LogP contribution is -2.23.